The summed E-state index contributed by atoms with van der Waals surface area (Å²) in [4.78, 5) is 0. The van der Waals surface area contributed by atoms with E-state index >= 15 is 0 Å². The smallest absolute Gasteiger partial charge is 0.0983 e. The molecule has 18 heavy (non-hydrogen) atoms. The van der Waals surface area contributed by atoms with Crippen molar-refractivity contribution in [2.24, 2.45) is 0 Å². The Labute approximate surface area is 110 Å². The highest BCUT2D eigenvalue weighted by Gasteiger charge is 2.27. The SMILES string of the molecule is C=C(C)CC(NCC)C1OCCc2ccccc21. The predicted octanol–water partition coefficient (Wildman–Crippen LogP) is 3.24. The van der Waals surface area contributed by atoms with E-state index in [2.05, 4.69) is 50.0 Å². The van der Waals surface area contributed by atoms with Crippen LogP contribution in [0.4, 0.5) is 0 Å². The molecule has 0 saturated carbocycles. The molecule has 98 valence electrons. The molecular formula is C16H23NO. The fourth-order valence-electron chi connectivity index (χ4n) is 2.68. The van der Waals surface area contributed by atoms with Crippen molar-refractivity contribution in [1.82, 2.24) is 5.32 Å². The molecule has 0 aliphatic carbocycles. The molecule has 2 unspecified atom stereocenters. The second-order valence-electron chi connectivity index (χ2n) is 5.07. The zero-order valence-electron chi connectivity index (χ0n) is 11.4. The fraction of sp³-hybridized carbons (Fsp3) is 0.500. The van der Waals surface area contributed by atoms with Crippen molar-refractivity contribution in [3.63, 3.8) is 0 Å². The summed E-state index contributed by atoms with van der Waals surface area (Å²) < 4.78 is 6.02. The molecule has 0 radical (unpaired) electrons. The topological polar surface area (TPSA) is 21.3 Å². The Bertz CT molecular complexity index is 413. The van der Waals surface area contributed by atoms with Gasteiger partial charge in [0.2, 0.25) is 0 Å². The number of benzene rings is 1. The lowest BCUT2D eigenvalue weighted by Gasteiger charge is -2.33. The van der Waals surface area contributed by atoms with Gasteiger partial charge in [0.15, 0.2) is 0 Å². The molecule has 0 amide bonds. The minimum atomic E-state index is 0.159. The second kappa shape index (κ2) is 6.17. The zero-order valence-corrected chi connectivity index (χ0v) is 11.4. The van der Waals surface area contributed by atoms with Crippen molar-refractivity contribution in [2.45, 2.75) is 38.8 Å². The Hall–Kier alpha value is -1.12. The molecule has 0 bridgehead atoms. The quantitative estimate of drug-likeness (QED) is 0.804. The first-order valence-electron chi connectivity index (χ1n) is 6.79. The molecule has 1 heterocycles. The van der Waals surface area contributed by atoms with Crippen LogP contribution in [0.25, 0.3) is 0 Å². The Morgan fingerprint density at radius 2 is 2.28 bits per heavy atom. The van der Waals surface area contributed by atoms with Crippen LogP contribution in [0.2, 0.25) is 0 Å². The summed E-state index contributed by atoms with van der Waals surface area (Å²) in [7, 11) is 0. The fourth-order valence-corrected chi connectivity index (χ4v) is 2.68. The molecule has 1 aromatic rings. The summed E-state index contributed by atoms with van der Waals surface area (Å²) >= 11 is 0. The maximum Gasteiger partial charge on any atom is 0.0983 e. The highest BCUT2D eigenvalue weighted by atomic mass is 16.5. The van der Waals surface area contributed by atoms with E-state index in [0.29, 0.717) is 6.04 Å². The van der Waals surface area contributed by atoms with E-state index in [4.69, 9.17) is 4.74 Å². The van der Waals surface area contributed by atoms with Crippen molar-refractivity contribution in [3.8, 4) is 0 Å². The number of fused-ring (bicyclic) bond motifs is 1. The molecule has 2 rings (SSSR count). The van der Waals surface area contributed by atoms with E-state index in [9.17, 15) is 0 Å². The van der Waals surface area contributed by atoms with Gasteiger partial charge in [-0.3, -0.25) is 0 Å². The van der Waals surface area contributed by atoms with Gasteiger partial charge in [0.05, 0.1) is 12.7 Å². The lowest BCUT2D eigenvalue weighted by molar-refractivity contribution is 0.0158. The molecule has 1 aromatic carbocycles. The minimum absolute atomic E-state index is 0.159. The van der Waals surface area contributed by atoms with Crippen LogP contribution in [0, 0.1) is 0 Å². The Kier molecular flexibility index (Phi) is 4.56. The van der Waals surface area contributed by atoms with Gasteiger partial charge < -0.3 is 10.1 Å². The van der Waals surface area contributed by atoms with E-state index in [1.165, 1.54) is 16.7 Å². The summed E-state index contributed by atoms with van der Waals surface area (Å²) in [6.07, 6.45) is 2.15. The molecule has 1 aliphatic rings. The average Bonchev–Trinajstić information content (AvgIpc) is 2.37. The van der Waals surface area contributed by atoms with Crippen LogP contribution >= 0.6 is 0 Å². The van der Waals surface area contributed by atoms with Crippen molar-refractivity contribution in [3.05, 3.63) is 47.5 Å². The van der Waals surface area contributed by atoms with Crippen molar-refractivity contribution in [2.75, 3.05) is 13.2 Å². The summed E-state index contributed by atoms with van der Waals surface area (Å²) in [5.41, 5.74) is 3.97. The van der Waals surface area contributed by atoms with Crippen LogP contribution < -0.4 is 5.32 Å². The first-order valence-corrected chi connectivity index (χ1v) is 6.79. The lowest BCUT2D eigenvalue weighted by Crippen LogP contribution is -2.38. The molecule has 1 aliphatic heterocycles. The highest BCUT2D eigenvalue weighted by molar-refractivity contribution is 5.32. The van der Waals surface area contributed by atoms with Crippen LogP contribution in [-0.4, -0.2) is 19.2 Å². The minimum Gasteiger partial charge on any atom is -0.372 e. The van der Waals surface area contributed by atoms with Crippen LogP contribution in [0.15, 0.2) is 36.4 Å². The molecule has 0 spiro atoms. The number of hydrogen-bond acceptors (Lipinski definition) is 2. The van der Waals surface area contributed by atoms with E-state index in [-0.39, 0.29) is 6.10 Å². The molecule has 2 heteroatoms. The van der Waals surface area contributed by atoms with Gasteiger partial charge in [0.1, 0.15) is 0 Å². The number of nitrogens with one attached hydrogen (secondary N) is 1. The van der Waals surface area contributed by atoms with Crippen molar-refractivity contribution in [1.29, 1.82) is 0 Å². The molecule has 0 fully saturated rings. The second-order valence-corrected chi connectivity index (χ2v) is 5.07. The van der Waals surface area contributed by atoms with E-state index in [0.717, 1.165) is 26.0 Å². The van der Waals surface area contributed by atoms with Gasteiger partial charge in [-0.1, -0.05) is 36.8 Å². The van der Waals surface area contributed by atoms with Gasteiger partial charge >= 0.3 is 0 Å². The third-order valence-corrected chi connectivity index (χ3v) is 3.43. The van der Waals surface area contributed by atoms with E-state index < -0.39 is 0 Å². The zero-order chi connectivity index (χ0) is 13.0. The summed E-state index contributed by atoms with van der Waals surface area (Å²) in [5.74, 6) is 0. The number of rotatable bonds is 5. The molecule has 0 saturated heterocycles. The maximum atomic E-state index is 6.02. The number of likely N-dealkylation sites (N-methyl/N-ethyl adjacent to an activating group) is 1. The third kappa shape index (κ3) is 3.01. The normalized spacial score (nSPS) is 20.2. The van der Waals surface area contributed by atoms with E-state index in [1.807, 2.05) is 0 Å². The molecule has 1 N–H and O–H groups in total. The summed E-state index contributed by atoms with van der Waals surface area (Å²) in [5, 5.41) is 3.54. The van der Waals surface area contributed by atoms with Crippen molar-refractivity contribution < 1.29 is 4.74 Å². The summed E-state index contributed by atoms with van der Waals surface area (Å²) in [6.45, 7) is 10.0. The maximum absolute atomic E-state index is 6.02. The number of ether oxygens (including phenoxy) is 1. The van der Waals surface area contributed by atoms with Gasteiger partial charge in [0.25, 0.3) is 0 Å². The first-order chi connectivity index (χ1) is 8.72. The molecule has 2 atom stereocenters. The number of hydrogen-bond donors (Lipinski definition) is 1. The standard InChI is InChI=1S/C16H23NO/c1-4-17-15(11-12(2)3)16-14-8-6-5-7-13(14)9-10-18-16/h5-8,15-17H,2,4,9-11H2,1,3H3. The largest absolute Gasteiger partial charge is 0.372 e. The first kappa shape index (κ1) is 13.3. The monoisotopic (exact) mass is 245 g/mol. The van der Waals surface area contributed by atoms with Crippen molar-refractivity contribution >= 4 is 0 Å². The van der Waals surface area contributed by atoms with Gasteiger partial charge in [0, 0.05) is 6.04 Å². The van der Waals surface area contributed by atoms with Crippen LogP contribution in [-0.2, 0) is 11.2 Å². The average molecular weight is 245 g/mol. The molecule has 2 nitrogen and oxygen atoms in total. The van der Waals surface area contributed by atoms with Crippen LogP contribution in [0.3, 0.4) is 0 Å². The molecular weight excluding hydrogens is 222 g/mol. The highest BCUT2D eigenvalue weighted by Crippen LogP contribution is 2.31. The van der Waals surface area contributed by atoms with Gasteiger partial charge in [-0.2, -0.15) is 0 Å². The van der Waals surface area contributed by atoms with E-state index in [1.54, 1.807) is 0 Å². The summed E-state index contributed by atoms with van der Waals surface area (Å²) in [6, 6.07) is 8.96. The lowest BCUT2D eigenvalue weighted by atomic mass is 9.90. The van der Waals surface area contributed by atoms with Crippen LogP contribution in [0.1, 0.15) is 37.5 Å². The predicted molar refractivity (Wildman–Crippen MR) is 75.7 cm³/mol. The Morgan fingerprint density at radius 1 is 1.50 bits per heavy atom. The third-order valence-electron chi connectivity index (χ3n) is 3.43. The van der Waals surface area contributed by atoms with Gasteiger partial charge in [-0.15, -0.1) is 6.58 Å². The van der Waals surface area contributed by atoms with Gasteiger partial charge in [-0.25, -0.2) is 0 Å². The van der Waals surface area contributed by atoms with Crippen LogP contribution in [0.5, 0.6) is 0 Å². The Balaban J connectivity index is 2.23. The molecule has 0 aromatic heterocycles. The van der Waals surface area contributed by atoms with Gasteiger partial charge in [-0.05, 0) is 37.4 Å². The Morgan fingerprint density at radius 3 is 3.00 bits per heavy atom.